The fourth-order valence-electron chi connectivity index (χ4n) is 2.13. The van der Waals surface area contributed by atoms with Gasteiger partial charge in [0.2, 0.25) is 0 Å². The number of ether oxygens (including phenoxy) is 2. The van der Waals surface area contributed by atoms with Crippen LogP contribution in [0.25, 0.3) is 0 Å². The summed E-state index contributed by atoms with van der Waals surface area (Å²) in [5.41, 5.74) is 4.22. The van der Waals surface area contributed by atoms with E-state index in [9.17, 15) is 4.79 Å². The molecule has 0 unspecified atom stereocenters. The molecule has 6 nitrogen and oxygen atoms in total. The van der Waals surface area contributed by atoms with Crippen molar-refractivity contribution in [1.29, 1.82) is 0 Å². The zero-order chi connectivity index (χ0) is 19.1. The van der Waals surface area contributed by atoms with Crippen molar-refractivity contribution >= 4 is 41.1 Å². The molecule has 0 saturated carbocycles. The average molecular weight is 397 g/mol. The smallest absolute Gasteiger partial charge is 0.335 e. The molecule has 138 valence electrons. The third kappa shape index (κ3) is 4.80. The number of nitrogens with zero attached hydrogens (tertiary/aromatic N) is 1. The van der Waals surface area contributed by atoms with E-state index in [1.165, 1.54) is 18.3 Å². The molecule has 8 heteroatoms. The highest BCUT2D eigenvalue weighted by Gasteiger charge is 2.17. The van der Waals surface area contributed by atoms with Crippen LogP contribution < -0.4 is 14.9 Å². The van der Waals surface area contributed by atoms with Gasteiger partial charge in [0.15, 0.2) is 11.5 Å². The molecule has 0 aromatic heterocycles. The van der Waals surface area contributed by atoms with E-state index in [0.29, 0.717) is 41.0 Å². The van der Waals surface area contributed by atoms with Gasteiger partial charge in [-0.25, -0.2) is 4.79 Å². The number of benzene rings is 2. The normalized spacial score (nSPS) is 10.8. The number of hydrazone groups is 1. The molecule has 2 aromatic rings. The number of carboxylic acid groups (broad SMARTS) is 1. The first-order valence-corrected chi connectivity index (χ1v) is 8.63. The first kappa shape index (κ1) is 19.9. The Morgan fingerprint density at radius 1 is 1.15 bits per heavy atom. The fourth-order valence-corrected chi connectivity index (χ4v) is 2.76. The third-order valence-corrected chi connectivity index (χ3v) is 3.89. The molecule has 2 N–H and O–H groups in total. The maximum Gasteiger partial charge on any atom is 0.335 e. The van der Waals surface area contributed by atoms with Crippen LogP contribution in [-0.2, 0) is 0 Å². The standard InChI is InChI=1S/C18H18Cl2N2O4/c1-3-25-16-12(9-14(19)17(15(16)20)26-4-2)10-21-22-13-7-5-11(6-8-13)18(23)24/h5-10,22H,3-4H2,1-2H3,(H,23,24). The topological polar surface area (TPSA) is 80.2 Å². The second-order valence-corrected chi connectivity index (χ2v) is 5.82. The lowest BCUT2D eigenvalue weighted by atomic mass is 10.2. The zero-order valence-electron chi connectivity index (χ0n) is 14.3. The Hall–Kier alpha value is -2.44. The molecule has 0 bridgehead atoms. The number of nitrogens with one attached hydrogen (secondary N) is 1. The molecular formula is C18H18Cl2N2O4. The summed E-state index contributed by atoms with van der Waals surface area (Å²) in [5.74, 6) is -0.192. The summed E-state index contributed by atoms with van der Waals surface area (Å²) in [6, 6.07) is 7.85. The van der Waals surface area contributed by atoms with Crippen LogP contribution in [0.5, 0.6) is 11.5 Å². The zero-order valence-corrected chi connectivity index (χ0v) is 15.8. The fraction of sp³-hybridized carbons (Fsp3) is 0.222. The number of rotatable bonds is 8. The predicted octanol–water partition coefficient (Wildman–Crippen LogP) is 4.94. The highest BCUT2D eigenvalue weighted by Crippen LogP contribution is 2.42. The van der Waals surface area contributed by atoms with Crippen molar-refractivity contribution in [2.75, 3.05) is 18.6 Å². The molecule has 26 heavy (non-hydrogen) atoms. The predicted molar refractivity (Wildman–Crippen MR) is 103 cm³/mol. The van der Waals surface area contributed by atoms with Gasteiger partial charge in [-0.15, -0.1) is 0 Å². The van der Waals surface area contributed by atoms with E-state index in [-0.39, 0.29) is 10.6 Å². The van der Waals surface area contributed by atoms with Gasteiger partial charge >= 0.3 is 5.97 Å². The third-order valence-electron chi connectivity index (χ3n) is 3.27. The Morgan fingerprint density at radius 2 is 1.77 bits per heavy atom. The largest absolute Gasteiger partial charge is 0.491 e. The highest BCUT2D eigenvalue weighted by molar-refractivity contribution is 6.38. The SMILES string of the molecule is CCOc1c(Cl)cc(C=NNc2ccc(C(=O)O)cc2)c(OCC)c1Cl. The average Bonchev–Trinajstić information content (AvgIpc) is 2.62. The van der Waals surface area contributed by atoms with Crippen molar-refractivity contribution in [3.63, 3.8) is 0 Å². The molecular weight excluding hydrogens is 379 g/mol. The van der Waals surface area contributed by atoms with Gasteiger partial charge in [0.25, 0.3) is 0 Å². The van der Waals surface area contributed by atoms with Crippen LogP contribution >= 0.6 is 23.2 Å². The summed E-state index contributed by atoms with van der Waals surface area (Å²) in [7, 11) is 0. The van der Waals surface area contributed by atoms with E-state index in [1.54, 1.807) is 18.2 Å². The van der Waals surface area contributed by atoms with Gasteiger partial charge in [0, 0.05) is 5.56 Å². The van der Waals surface area contributed by atoms with Crippen molar-refractivity contribution < 1.29 is 19.4 Å². The van der Waals surface area contributed by atoms with Gasteiger partial charge < -0.3 is 14.6 Å². The lowest BCUT2D eigenvalue weighted by molar-refractivity contribution is 0.0697. The van der Waals surface area contributed by atoms with E-state index in [0.717, 1.165) is 0 Å². The first-order chi connectivity index (χ1) is 12.5. The summed E-state index contributed by atoms with van der Waals surface area (Å²) in [6.07, 6.45) is 1.52. The van der Waals surface area contributed by atoms with E-state index < -0.39 is 5.97 Å². The lowest BCUT2D eigenvalue weighted by Crippen LogP contribution is -2.02. The molecule has 0 saturated heterocycles. The van der Waals surface area contributed by atoms with Gasteiger partial charge in [-0.1, -0.05) is 23.2 Å². The summed E-state index contributed by atoms with van der Waals surface area (Å²) >= 11 is 12.6. The van der Waals surface area contributed by atoms with Crippen molar-refractivity contribution in [1.82, 2.24) is 0 Å². The summed E-state index contributed by atoms with van der Waals surface area (Å²) < 4.78 is 11.1. The molecule has 0 fully saturated rings. The van der Waals surface area contributed by atoms with E-state index >= 15 is 0 Å². The van der Waals surface area contributed by atoms with Crippen molar-refractivity contribution in [2.24, 2.45) is 5.10 Å². The van der Waals surface area contributed by atoms with E-state index in [2.05, 4.69) is 10.5 Å². The lowest BCUT2D eigenvalue weighted by Gasteiger charge is -2.15. The number of carbonyl (C=O) groups is 1. The molecule has 0 radical (unpaired) electrons. The molecule has 0 aliphatic heterocycles. The molecule has 0 aliphatic carbocycles. The number of halogens is 2. The van der Waals surface area contributed by atoms with Crippen LogP contribution in [0.15, 0.2) is 35.4 Å². The Labute approximate surface area is 161 Å². The minimum Gasteiger partial charge on any atom is -0.491 e. The Balaban J connectivity index is 2.24. The summed E-state index contributed by atoms with van der Waals surface area (Å²) in [5, 5.41) is 13.7. The quantitative estimate of drug-likeness (QED) is 0.488. The molecule has 0 atom stereocenters. The molecule has 0 spiro atoms. The van der Waals surface area contributed by atoms with Crippen LogP contribution in [0.3, 0.4) is 0 Å². The highest BCUT2D eigenvalue weighted by atomic mass is 35.5. The van der Waals surface area contributed by atoms with Crippen LogP contribution in [0.4, 0.5) is 5.69 Å². The monoisotopic (exact) mass is 396 g/mol. The van der Waals surface area contributed by atoms with Gasteiger partial charge in [0.05, 0.1) is 35.7 Å². The number of carboxylic acids is 1. The Morgan fingerprint density at radius 3 is 2.35 bits per heavy atom. The second kappa shape index (κ2) is 9.31. The van der Waals surface area contributed by atoms with Gasteiger partial charge in [-0.2, -0.15) is 5.10 Å². The maximum absolute atomic E-state index is 10.8. The van der Waals surface area contributed by atoms with Crippen LogP contribution in [0.1, 0.15) is 29.8 Å². The minimum atomic E-state index is -0.986. The van der Waals surface area contributed by atoms with E-state index in [4.69, 9.17) is 37.8 Å². The van der Waals surface area contributed by atoms with Crippen LogP contribution in [0, 0.1) is 0 Å². The Bertz CT molecular complexity index is 808. The van der Waals surface area contributed by atoms with Crippen molar-refractivity contribution in [3.8, 4) is 11.5 Å². The van der Waals surface area contributed by atoms with Crippen molar-refractivity contribution in [3.05, 3.63) is 51.5 Å². The molecule has 0 amide bonds. The molecule has 2 rings (SSSR count). The summed E-state index contributed by atoms with van der Waals surface area (Å²) in [4.78, 5) is 10.8. The number of anilines is 1. The number of hydrogen-bond donors (Lipinski definition) is 2. The molecule has 2 aromatic carbocycles. The van der Waals surface area contributed by atoms with Crippen molar-refractivity contribution in [2.45, 2.75) is 13.8 Å². The number of aromatic carboxylic acids is 1. The maximum atomic E-state index is 10.8. The first-order valence-electron chi connectivity index (χ1n) is 7.87. The second-order valence-electron chi connectivity index (χ2n) is 5.04. The van der Waals surface area contributed by atoms with Gasteiger partial charge in [0.1, 0.15) is 5.02 Å². The minimum absolute atomic E-state index is 0.197. The van der Waals surface area contributed by atoms with Gasteiger partial charge in [-0.05, 0) is 44.2 Å². The Kier molecular flexibility index (Phi) is 7.12. The summed E-state index contributed by atoms with van der Waals surface area (Å²) in [6.45, 7) is 4.51. The van der Waals surface area contributed by atoms with E-state index in [1.807, 2.05) is 13.8 Å². The number of hydrogen-bond acceptors (Lipinski definition) is 5. The molecule has 0 heterocycles. The van der Waals surface area contributed by atoms with Crippen LogP contribution in [-0.4, -0.2) is 30.5 Å². The van der Waals surface area contributed by atoms with Crippen LogP contribution in [0.2, 0.25) is 10.0 Å². The van der Waals surface area contributed by atoms with Gasteiger partial charge in [-0.3, -0.25) is 5.43 Å². The molecule has 0 aliphatic rings.